The Kier molecular flexibility index (Phi) is 7.75. The van der Waals surface area contributed by atoms with Crippen LogP contribution in [0.2, 0.25) is 0 Å². The van der Waals surface area contributed by atoms with Gasteiger partial charge in [-0.25, -0.2) is 0 Å². The van der Waals surface area contributed by atoms with Crippen LogP contribution in [0.15, 0.2) is 78.9 Å². The number of carbonyl (C=O) groups excluding carboxylic acids is 3. The molecule has 3 aromatic carbocycles. The smallest absolute Gasteiger partial charge is 0.255 e. The average Bonchev–Trinajstić information content (AvgIpc) is 2.81. The van der Waals surface area contributed by atoms with E-state index in [1.807, 2.05) is 49.4 Å². The highest BCUT2D eigenvalue weighted by molar-refractivity contribution is 6.05. The van der Waals surface area contributed by atoms with Gasteiger partial charge in [-0.15, -0.1) is 0 Å². The minimum absolute atomic E-state index is 0.0152. The summed E-state index contributed by atoms with van der Waals surface area (Å²) in [6.07, 6.45) is 0.642. The average molecular weight is 430 g/mol. The second-order valence-electron chi connectivity index (χ2n) is 7.28. The molecule has 3 aromatic rings. The summed E-state index contributed by atoms with van der Waals surface area (Å²) < 4.78 is 0. The molecule has 32 heavy (non-hydrogen) atoms. The van der Waals surface area contributed by atoms with Crippen molar-refractivity contribution < 1.29 is 14.4 Å². The first kappa shape index (κ1) is 22.7. The Morgan fingerprint density at radius 3 is 2.16 bits per heavy atom. The summed E-state index contributed by atoms with van der Waals surface area (Å²) in [4.78, 5) is 38.6. The number of hydrogen-bond donors (Lipinski definition) is 2. The van der Waals surface area contributed by atoms with E-state index in [0.29, 0.717) is 29.9 Å². The third kappa shape index (κ3) is 6.04. The molecular formula is C26H27N3O3. The topological polar surface area (TPSA) is 78.5 Å². The fourth-order valence-corrected chi connectivity index (χ4v) is 3.28. The Balaban J connectivity index is 1.62. The van der Waals surface area contributed by atoms with E-state index >= 15 is 0 Å². The van der Waals surface area contributed by atoms with Crippen molar-refractivity contribution in [3.8, 4) is 0 Å². The maximum absolute atomic E-state index is 12.7. The molecule has 0 saturated carbocycles. The molecule has 6 heteroatoms. The molecule has 0 aliphatic carbocycles. The van der Waals surface area contributed by atoms with Crippen LogP contribution in [0.5, 0.6) is 0 Å². The molecule has 0 saturated heterocycles. The van der Waals surface area contributed by atoms with Crippen molar-refractivity contribution in [2.24, 2.45) is 0 Å². The lowest BCUT2D eigenvalue weighted by molar-refractivity contribution is -0.118. The SMILES string of the molecule is CCC(=O)Nc1cccc(C(=O)Nc2ccc(CC(=O)N(CC)c3ccccc3)cc2)c1. The van der Waals surface area contributed by atoms with Crippen LogP contribution in [0.25, 0.3) is 0 Å². The molecule has 0 spiro atoms. The molecule has 0 aromatic heterocycles. The van der Waals surface area contributed by atoms with E-state index < -0.39 is 0 Å². The number of amides is 3. The predicted molar refractivity (Wildman–Crippen MR) is 128 cm³/mol. The zero-order chi connectivity index (χ0) is 22.9. The van der Waals surface area contributed by atoms with Crippen molar-refractivity contribution in [3.05, 3.63) is 90.0 Å². The Hall–Kier alpha value is -3.93. The van der Waals surface area contributed by atoms with Crippen molar-refractivity contribution in [2.75, 3.05) is 22.1 Å². The second-order valence-corrected chi connectivity index (χ2v) is 7.28. The van der Waals surface area contributed by atoms with E-state index in [4.69, 9.17) is 0 Å². The van der Waals surface area contributed by atoms with Crippen LogP contribution in [0.1, 0.15) is 36.2 Å². The molecule has 6 nitrogen and oxygen atoms in total. The third-order valence-corrected chi connectivity index (χ3v) is 4.98. The van der Waals surface area contributed by atoms with Crippen molar-refractivity contribution in [3.63, 3.8) is 0 Å². The predicted octanol–water partition coefficient (Wildman–Crippen LogP) is 4.88. The molecule has 0 atom stereocenters. The second kappa shape index (κ2) is 10.9. The summed E-state index contributed by atoms with van der Waals surface area (Å²) in [5.41, 5.74) is 3.40. The van der Waals surface area contributed by atoms with E-state index in [-0.39, 0.29) is 24.1 Å². The minimum atomic E-state index is -0.275. The summed E-state index contributed by atoms with van der Waals surface area (Å²) in [5.74, 6) is -0.370. The van der Waals surface area contributed by atoms with Gasteiger partial charge in [-0.05, 0) is 55.0 Å². The van der Waals surface area contributed by atoms with E-state index in [1.165, 1.54) is 0 Å². The van der Waals surface area contributed by atoms with Crippen LogP contribution >= 0.6 is 0 Å². The van der Waals surface area contributed by atoms with Crippen LogP contribution in [0.3, 0.4) is 0 Å². The van der Waals surface area contributed by atoms with Crippen LogP contribution in [0, 0.1) is 0 Å². The highest BCUT2D eigenvalue weighted by Gasteiger charge is 2.14. The van der Waals surface area contributed by atoms with E-state index in [1.54, 1.807) is 48.2 Å². The lowest BCUT2D eigenvalue weighted by Crippen LogP contribution is -2.31. The van der Waals surface area contributed by atoms with Crippen LogP contribution in [0.4, 0.5) is 17.1 Å². The van der Waals surface area contributed by atoms with Gasteiger partial charge in [0.05, 0.1) is 6.42 Å². The van der Waals surface area contributed by atoms with Crippen molar-refractivity contribution >= 4 is 34.8 Å². The summed E-state index contributed by atoms with van der Waals surface area (Å²) in [6.45, 7) is 4.31. The van der Waals surface area contributed by atoms with Gasteiger partial charge in [-0.2, -0.15) is 0 Å². The zero-order valence-corrected chi connectivity index (χ0v) is 18.3. The first-order valence-corrected chi connectivity index (χ1v) is 10.7. The number of hydrogen-bond acceptors (Lipinski definition) is 3. The van der Waals surface area contributed by atoms with Gasteiger partial charge in [0.1, 0.15) is 0 Å². The molecule has 0 heterocycles. The zero-order valence-electron chi connectivity index (χ0n) is 18.3. The summed E-state index contributed by atoms with van der Waals surface area (Å²) in [5, 5.41) is 5.59. The maximum atomic E-state index is 12.7. The standard InChI is InChI=1S/C26H27N3O3/c1-3-24(30)27-22-10-8-9-20(18-22)26(32)28-21-15-13-19(14-16-21)17-25(31)29(4-2)23-11-6-5-7-12-23/h5-16,18H,3-4,17H2,1-2H3,(H,27,30)(H,28,32). The number of carbonyl (C=O) groups is 3. The third-order valence-electron chi connectivity index (χ3n) is 4.98. The Morgan fingerprint density at radius 1 is 0.781 bits per heavy atom. The maximum Gasteiger partial charge on any atom is 0.255 e. The highest BCUT2D eigenvalue weighted by Crippen LogP contribution is 2.17. The van der Waals surface area contributed by atoms with Crippen LogP contribution < -0.4 is 15.5 Å². The Morgan fingerprint density at radius 2 is 1.50 bits per heavy atom. The van der Waals surface area contributed by atoms with Gasteiger partial charge in [-0.3, -0.25) is 14.4 Å². The van der Waals surface area contributed by atoms with Gasteiger partial charge in [0.2, 0.25) is 11.8 Å². The van der Waals surface area contributed by atoms with Gasteiger partial charge >= 0.3 is 0 Å². The van der Waals surface area contributed by atoms with Crippen LogP contribution in [-0.4, -0.2) is 24.3 Å². The van der Waals surface area contributed by atoms with Gasteiger partial charge in [0, 0.05) is 35.6 Å². The number of para-hydroxylation sites is 1. The Labute approximate surface area is 188 Å². The highest BCUT2D eigenvalue weighted by atomic mass is 16.2. The monoisotopic (exact) mass is 429 g/mol. The summed E-state index contributed by atoms with van der Waals surface area (Å²) >= 11 is 0. The van der Waals surface area contributed by atoms with Gasteiger partial charge in [-0.1, -0.05) is 43.3 Å². The first-order chi connectivity index (χ1) is 15.5. The molecule has 0 fully saturated rings. The normalized spacial score (nSPS) is 10.3. The molecule has 0 aliphatic rings. The number of benzene rings is 3. The molecule has 0 unspecified atom stereocenters. The number of likely N-dealkylation sites (N-methyl/N-ethyl adjacent to an activating group) is 1. The molecule has 0 bridgehead atoms. The molecule has 3 rings (SSSR count). The van der Waals surface area contributed by atoms with Crippen molar-refractivity contribution in [2.45, 2.75) is 26.7 Å². The number of rotatable bonds is 8. The fraction of sp³-hybridized carbons (Fsp3) is 0.192. The largest absolute Gasteiger partial charge is 0.326 e. The number of nitrogens with one attached hydrogen (secondary N) is 2. The molecule has 0 radical (unpaired) electrons. The van der Waals surface area contributed by atoms with Crippen LogP contribution in [-0.2, 0) is 16.0 Å². The summed E-state index contributed by atoms with van der Waals surface area (Å²) in [7, 11) is 0. The lowest BCUT2D eigenvalue weighted by atomic mass is 10.1. The van der Waals surface area contributed by atoms with Gasteiger partial charge in [0.25, 0.3) is 5.91 Å². The molecule has 164 valence electrons. The van der Waals surface area contributed by atoms with Crippen molar-refractivity contribution in [1.82, 2.24) is 0 Å². The molecule has 3 amide bonds. The van der Waals surface area contributed by atoms with Gasteiger partial charge in [0.15, 0.2) is 0 Å². The van der Waals surface area contributed by atoms with Crippen molar-refractivity contribution in [1.29, 1.82) is 0 Å². The van der Waals surface area contributed by atoms with E-state index in [2.05, 4.69) is 10.6 Å². The molecular weight excluding hydrogens is 402 g/mol. The summed E-state index contributed by atoms with van der Waals surface area (Å²) in [6, 6.07) is 23.6. The quantitative estimate of drug-likeness (QED) is 0.535. The molecule has 0 aliphatic heterocycles. The van der Waals surface area contributed by atoms with E-state index in [0.717, 1.165) is 11.3 Å². The number of anilines is 3. The molecule has 2 N–H and O–H groups in total. The fourth-order valence-electron chi connectivity index (χ4n) is 3.28. The Bertz CT molecular complexity index is 1080. The first-order valence-electron chi connectivity index (χ1n) is 10.7. The minimum Gasteiger partial charge on any atom is -0.326 e. The van der Waals surface area contributed by atoms with Gasteiger partial charge < -0.3 is 15.5 Å². The lowest BCUT2D eigenvalue weighted by Gasteiger charge is -2.21. The number of nitrogens with zero attached hydrogens (tertiary/aromatic N) is 1. The van der Waals surface area contributed by atoms with E-state index in [9.17, 15) is 14.4 Å².